The summed E-state index contributed by atoms with van der Waals surface area (Å²) in [7, 11) is 0. The fraction of sp³-hybridized carbons (Fsp3) is 0. The van der Waals surface area contributed by atoms with E-state index in [0.29, 0.717) is 21.5 Å². The lowest BCUT2D eigenvalue weighted by atomic mass is 10.3. The van der Waals surface area contributed by atoms with Gasteiger partial charge in [-0.15, -0.1) is 10.2 Å². The van der Waals surface area contributed by atoms with Crippen LogP contribution in [0.1, 0.15) is 0 Å². The molecule has 1 N–H and O–H groups in total. The van der Waals surface area contributed by atoms with Crippen LogP contribution >= 0.6 is 23.2 Å². The van der Waals surface area contributed by atoms with Crippen LogP contribution in [0.2, 0.25) is 10.0 Å². The first-order chi connectivity index (χ1) is 10.7. The fourth-order valence-electron chi connectivity index (χ4n) is 2.35. The zero-order valence-corrected chi connectivity index (χ0v) is 12.7. The Morgan fingerprint density at radius 2 is 1.77 bits per heavy atom. The number of hydrogen-bond acceptors (Lipinski definition) is 4. The first kappa shape index (κ1) is 13.3. The quantitative estimate of drug-likeness (QED) is 0.594. The molecule has 4 rings (SSSR count). The van der Waals surface area contributed by atoms with Crippen molar-refractivity contribution in [3.05, 3.63) is 58.8 Å². The molecule has 0 aliphatic rings. The summed E-state index contributed by atoms with van der Waals surface area (Å²) in [6.07, 6.45) is 1.66. The largest absolute Gasteiger partial charge is 0.337 e. The molecule has 2 aromatic carbocycles. The van der Waals surface area contributed by atoms with Crippen molar-refractivity contribution in [3.63, 3.8) is 0 Å². The highest BCUT2D eigenvalue weighted by molar-refractivity contribution is 6.35. The molecule has 0 unspecified atom stereocenters. The lowest BCUT2D eigenvalue weighted by Gasteiger charge is -2.09. The smallest absolute Gasteiger partial charge is 0.204 e. The molecular formula is C15H9Cl2N5. The highest BCUT2D eigenvalue weighted by Gasteiger charge is 2.10. The van der Waals surface area contributed by atoms with Gasteiger partial charge in [0.15, 0.2) is 5.82 Å². The zero-order chi connectivity index (χ0) is 15.1. The fourth-order valence-corrected chi connectivity index (χ4v) is 2.88. The third kappa shape index (κ3) is 2.24. The number of hydrogen-bond donors (Lipinski definition) is 1. The van der Waals surface area contributed by atoms with Crippen LogP contribution in [0.3, 0.4) is 0 Å². The van der Waals surface area contributed by atoms with Gasteiger partial charge in [-0.1, -0.05) is 35.3 Å². The highest BCUT2D eigenvalue weighted by Crippen LogP contribution is 2.27. The van der Waals surface area contributed by atoms with Crippen molar-refractivity contribution >= 4 is 51.4 Å². The van der Waals surface area contributed by atoms with Crippen molar-refractivity contribution in [3.8, 4) is 0 Å². The maximum atomic E-state index is 6.03. The van der Waals surface area contributed by atoms with Crippen LogP contribution in [0, 0.1) is 0 Å². The molecule has 22 heavy (non-hydrogen) atoms. The van der Waals surface area contributed by atoms with Crippen LogP contribution in [0.4, 0.5) is 11.5 Å². The van der Waals surface area contributed by atoms with E-state index in [1.165, 1.54) is 0 Å². The maximum Gasteiger partial charge on any atom is 0.204 e. The summed E-state index contributed by atoms with van der Waals surface area (Å²) in [5.74, 6) is 0.592. The molecule has 2 heterocycles. The first-order valence-electron chi connectivity index (χ1n) is 6.52. The topological polar surface area (TPSA) is 55.1 Å². The lowest BCUT2D eigenvalue weighted by molar-refractivity contribution is 1.11. The molecule has 2 aromatic heterocycles. The summed E-state index contributed by atoms with van der Waals surface area (Å²) >= 11 is 12.1. The summed E-state index contributed by atoms with van der Waals surface area (Å²) in [5, 5.41) is 12.4. The van der Waals surface area contributed by atoms with E-state index >= 15 is 0 Å². The van der Waals surface area contributed by atoms with Gasteiger partial charge < -0.3 is 5.32 Å². The number of benzene rings is 2. The third-order valence-corrected chi connectivity index (χ3v) is 3.69. The summed E-state index contributed by atoms with van der Waals surface area (Å²) < 4.78 is 1.89. The van der Waals surface area contributed by atoms with Crippen molar-refractivity contribution in [1.82, 2.24) is 19.6 Å². The van der Waals surface area contributed by atoms with Crippen LogP contribution in [0.15, 0.2) is 48.8 Å². The second kappa shape index (κ2) is 5.12. The molecule has 0 saturated heterocycles. The van der Waals surface area contributed by atoms with Gasteiger partial charge in [0.25, 0.3) is 0 Å². The van der Waals surface area contributed by atoms with Crippen molar-refractivity contribution < 1.29 is 0 Å². The molecule has 0 bridgehead atoms. The number of anilines is 2. The second-order valence-corrected chi connectivity index (χ2v) is 5.63. The molecule has 7 heteroatoms. The Labute approximate surface area is 135 Å². The van der Waals surface area contributed by atoms with E-state index in [4.69, 9.17) is 23.2 Å². The molecule has 0 aliphatic heterocycles. The van der Waals surface area contributed by atoms with Gasteiger partial charge in [0.1, 0.15) is 6.33 Å². The lowest BCUT2D eigenvalue weighted by Crippen LogP contribution is -2.00. The second-order valence-electron chi connectivity index (χ2n) is 4.76. The molecule has 0 atom stereocenters. The summed E-state index contributed by atoms with van der Waals surface area (Å²) in [4.78, 5) is 4.61. The van der Waals surface area contributed by atoms with E-state index < -0.39 is 0 Å². The van der Waals surface area contributed by atoms with Crippen LogP contribution in [-0.2, 0) is 0 Å². The van der Waals surface area contributed by atoms with Gasteiger partial charge in [-0.3, -0.25) is 4.40 Å². The molecule has 0 saturated carbocycles. The zero-order valence-electron chi connectivity index (χ0n) is 11.2. The molecule has 108 valence electrons. The van der Waals surface area contributed by atoms with E-state index in [9.17, 15) is 0 Å². The Bertz CT molecular complexity index is 975. The van der Waals surface area contributed by atoms with Crippen LogP contribution < -0.4 is 5.32 Å². The van der Waals surface area contributed by atoms with Crippen molar-refractivity contribution in [2.45, 2.75) is 0 Å². The summed E-state index contributed by atoms with van der Waals surface area (Å²) in [6, 6.07) is 13.0. The van der Waals surface area contributed by atoms with Gasteiger partial charge in [0.2, 0.25) is 5.65 Å². The highest BCUT2D eigenvalue weighted by atomic mass is 35.5. The Morgan fingerprint density at radius 1 is 1.00 bits per heavy atom. The van der Waals surface area contributed by atoms with Gasteiger partial charge in [-0.25, -0.2) is 4.98 Å². The van der Waals surface area contributed by atoms with Gasteiger partial charge >= 0.3 is 0 Å². The third-order valence-electron chi connectivity index (χ3n) is 3.26. The minimum atomic E-state index is 0.549. The summed E-state index contributed by atoms with van der Waals surface area (Å²) in [6.45, 7) is 0. The van der Waals surface area contributed by atoms with Crippen LogP contribution in [0.5, 0.6) is 0 Å². The van der Waals surface area contributed by atoms with Gasteiger partial charge in [0.05, 0.1) is 11.0 Å². The predicted octanol–water partition coefficient (Wildman–Crippen LogP) is 4.33. The SMILES string of the molecule is Clc1cc(Cl)cc(Nc2nc3ccccc3n3cnnc23)c1. The van der Waals surface area contributed by atoms with E-state index in [1.807, 2.05) is 28.7 Å². The van der Waals surface area contributed by atoms with Crippen LogP contribution in [0.25, 0.3) is 16.7 Å². The maximum absolute atomic E-state index is 6.03. The molecule has 4 aromatic rings. The number of nitrogens with zero attached hydrogens (tertiary/aromatic N) is 4. The average Bonchev–Trinajstić information content (AvgIpc) is 2.96. The summed E-state index contributed by atoms with van der Waals surface area (Å²) in [5.41, 5.74) is 3.16. The number of nitrogens with one attached hydrogen (secondary N) is 1. The van der Waals surface area contributed by atoms with Crippen molar-refractivity contribution in [1.29, 1.82) is 0 Å². The minimum Gasteiger partial charge on any atom is -0.337 e. The molecule has 0 amide bonds. The van der Waals surface area contributed by atoms with Crippen LogP contribution in [-0.4, -0.2) is 19.6 Å². The molecule has 5 nitrogen and oxygen atoms in total. The Kier molecular flexibility index (Phi) is 3.10. The number of rotatable bonds is 2. The van der Waals surface area contributed by atoms with Gasteiger partial charge in [-0.2, -0.15) is 0 Å². The standard InChI is InChI=1S/C15H9Cl2N5/c16-9-5-10(17)7-11(6-9)19-14-15-21-18-8-22(15)13-4-2-1-3-12(13)20-14/h1-8H,(H,19,20). The number of para-hydroxylation sites is 2. The Hall–Kier alpha value is -2.37. The van der Waals surface area contributed by atoms with E-state index in [0.717, 1.165) is 16.7 Å². The van der Waals surface area contributed by atoms with Gasteiger partial charge in [0, 0.05) is 15.7 Å². The molecule has 0 radical (unpaired) electrons. The van der Waals surface area contributed by atoms with E-state index in [2.05, 4.69) is 20.5 Å². The predicted molar refractivity (Wildman–Crippen MR) is 88.0 cm³/mol. The van der Waals surface area contributed by atoms with E-state index in [-0.39, 0.29) is 0 Å². The number of fused-ring (bicyclic) bond motifs is 3. The Balaban J connectivity index is 1.91. The van der Waals surface area contributed by atoms with Gasteiger partial charge in [-0.05, 0) is 30.3 Å². The molecular weight excluding hydrogens is 321 g/mol. The average molecular weight is 330 g/mol. The van der Waals surface area contributed by atoms with E-state index in [1.54, 1.807) is 24.5 Å². The Morgan fingerprint density at radius 3 is 2.59 bits per heavy atom. The molecule has 0 spiro atoms. The van der Waals surface area contributed by atoms with Crippen molar-refractivity contribution in [2.75, 3.05) is 5.32 Å². The first-order valence-corrected chi connectivity index (χ1v) is 7.28. The minimum absolute atomic E-state index is 0.549. The van der Waals surface area contributed by atoms with Crippen molar-refractivity contribution in [2.24, 2.45) is 0 Å². The normalized spacial score (nSPS) is 11.2. The molecule has 0 aliphatic carbocycles. The number of halogens is 2. The monoisotopic (exact) mass is 329 g/mol. The molecule has 0 fully saturated rings. The number of aromatic nitrogens is 4.